The second-order valence-electron chi connectivity index (χ2n) is 13.7. The van der Waals surface area contributed by atoms with Gasteiger partial charge >= 0.3 is 0 Å². The number of sulfonamides is 4. The Labute approximate surface area is 366 Å². The smallest absolute Gasteiger partial charge is 0.271 e. The predicted molar refractivity (Wildman–Crippen MR) is 236 cm³/mol. The Morgan fingerprint density at radius 3 is 1.48 bits per heavy atom. The van der Waals surface area contributed by atoms with Crippen LogP contribution in [0.25, 0.3) is 0 Å². The molecule has 0 saturated heterocycles. The molecular weight excluding hydrogens is 955 g/mol. The third kappa shape index (κ3) is 11.9. The van der Waals surface area contributed by atoms with Crippen molar-refractivity contribution in [3.8, 4) is 5.75 Å². The number of fused-ring (bicyclic) bond motifs is 1. The lowest BCUT2D eigenvalue weighted by molar-refractivity contribution is 0.0845. The number of hydrogen-bond acceptors (Lipinski definition) is 11. The molecule has 23 heteroatoms. The summed E-state index contributed by atoms with van der Waals surface area (Å²) in [6, 6.07) is 15.7. The number of aryl methyl sites for hydroxylation is 1. The molecular formula is C35H36Cl4N4O9S6. The third-order valence-corrected chi connectivity index (χ3v) is 17.9. The van der Waals surface area contributed by atoms with Crippen molar-refractivity contribution in [2.24, 2.45) is 5.92 Å². The van der Waals surface area contributed by atoms with E-state index in [1.807, 2.05) is 13.8 Å². The summed E-state index contributed by atoms with van der Waals surface area (Å²) < 4.78 is 116. The van der Waals surface area contributed by atoms with Gasteiger partial charge in [-0.05, 0) is 104 Å². The predicted octanol–water partition coefficient (Wildman–Crippen LogP) is 10.0. The van der Waals surface area contributed by atoms with Gasteiger partial charge in [-0.25, -0.2) is 33.7 Å². The van der Waals surface area contributed by atoms with Crippen LogP contribution in [0.1, 0.15) is 39.7 Å². The molecule has 0 radical (unpaired) electrons. The SMILES string of the molecule is CC(C)CS(=O)(=O)Nc1cc(Cl)c(Cl)cc1NS(=O)(=O)c1cccs1.CC1(C)CCc2cc(S(=O)(=O)Nc3cc(Cl)c(Cl)cc3NS(=O)(=O)c3cccs3)ccc2O1. The molecule has 3 aromatic carbocycles. The van der Waals surface area contributed by atoms with Gasteiger partial charge in [0.25, 0.3) is 30.1 Å². The average Bonchev–Trinajstić information content (AvgIpc) is 3.85. The van der Waals surface area contributed by atoms with Crippen molar-refractivity contribution < 1.29 is 38.4 Å². The topological polar surface area (TPSA) is 194 Å². The van der Waals surface area contributed by atoms with Crippen LogP contribution >= 0.6 is 69.1 Å². The van der Waals surface area contributed by atoms with Gasteiger partial charge in [0.1, 0.15) is 19.8 Å². The zero-order valence-corrected chi connectivity index (χ0v) is 38.8. The highest BCUT2D eigenvalue weighted by Crippen LogP contribution is 2.38. The number of nitrogens with one attached hydrogen (secondary N) is 4. The minimum atomic E-state index is -4.08. The number of anilines is 4. The van der Waals surface area contributed by atoms with Gasteiger partial charge in [0.2, 0.25) is 10.0 Å². The van der Waals surface area contributed by atoms with E-state index in [4.69, 9.17) is 51.1 Å². The van der Waals surface area contributed by atoms with E-state index in [0.29, 0.717) is 12.2 Å². The molecule has 0 bridgehead atoms. The van der Waals surface area contributed by atoms with Crippen LogP contribution in [0.2, 0.25) is 20.1 Å². The summed E-state index contributed by atoms with van der Waals surface area (Å²) in [6.45, 7) is 7.47. The Bertz CT molecular complexity index is 2750. The van der Waals surface area contributed by atoms with E-state index in [2.05, 4.69) is 18.9 Å². The van der Waals surface area contributed by atoms with Crippen molar-refractivity contribution in [3.63, 3.8) is 0 Å². The van der Waals surface area contributed by atoms with E-state index in [9.17, 15) is 33.7 Å². The van der Waals surface area contributed by atoms with Crippen molar-refractivity contribution in [3.05, 3.63) is 103 Å². The standard InChI is InChI=1S/C21H20Cl2N2O5S3.C14H16Cl2N2O4S3/c1-21(2)8-7-13-10-14(5-6-19(13)30-21)32(26,27)24-17-11-15(22)16(23)12-18(17)25-33(28,29)20-4-3-9-31-20;1-9(2)8-24(19,20)17-12-6-10(15)11(16)7-13(12)18-25(21,22)14-4-3-5-23-14/h3-6,9-12,24-25H,7-8H2,1-2H3;3-7,9,17-18H,8H2,1-2H3. The Hall–Kier alpha value is -2.98. The van der Waals surface area contributed by atoms with Crippen molar-refractivity contribution in [1.82, 2.24) is 0 Å². The fourth-order valence-corrected chi connectivity index (χ4v) is 12.7. The third-order valence-electron chi connectivity index (χ3n) is 7.92. The Balaban J connectivity index is 0.000000230. The lowest BCUT2D eigenvalue weighted by Gasteiger charge is -2.32. The van der Waals surface area contributed by atoms with E-state index in [0.717, 1.165) is 34.7 Å². The fraction of sp³-hybridized carbons (Fsp3) is 0.257. The lowest BCUT2D eigenvalue weighted by Crippen LogP contribution is -2.32. The second kappa shape index (κ2) is 17.9. The van der Waals surface area contributed by atoms with Crippen LogP contribution < -0.4 is 23.6 Å². The zero-order valence-electron chi connectivity index (χ0n) is 30.8. The second-order valence-corrected chi connectivity index (χ2v) is 24.5. The van der Waals surface area contributed by atoms with Gasteiger partial charge in [-0.2, -0.15) is 0 Å². The first-order chi connectivity index (χ1) is 26.9. The number of hydrogen-bond donors (Lipinski definition) is 4. The van der Waals surface area contributed by atoms with Crippen molar-refractivity contribution in [2.75, 3.05) is 24.6 Å². The van der Waals surface area contributed by atoms with Crippen LogP contribution in [0, 0.1) is 5.92 Å². The van der Waals surface area contributed by atoms with E-state index in [1.54, 1.807) is 48.9 Å². The number of halogens is 4. The minimum Gasteiger partial charge on any atom is -0.488 e. The van der Waals surface area contributed by atoms with Crippen LogP contribution in [0.3, 0.4) is 0 Å². The molecule has 3 heterocycles. The van der Waals surface area contributed by atoms with E-state index >= 15 is 0 Å². The molecule has 5 aromatic rings. The van der Waals surface area contributed by atoms with Gasteiger partial charge in [0, 0.05) is 0 Å². The largest absolute Gasteiger partial charge is 0.488 e. The molecule has 1 aliphatic heterocycles. The van der Waals surface area contributed by atoms with E-state index < -0.39 is 40.1 Å². The van der Waals surface area contributed by atoms with Crippen LogP contribution in [0.15, 0.2) is 90.8 Å². The van der Waals surface area contributed by atoms with Crippen LogP contribution in [-0.4, -0.2) is 45.0 Å². The summed E-state index contributed by atoms with van der Waals surface area (Å²) in [6.07, 6.45) is 1.42. The fourth-order valence-electron chi connectivity index (χ4n) is 5.31. The summed E-state index contributed by atoms with van der Waals surface area (Å²) in [5.41, 5.74) is 0.361. The molecule has 0 spiro atoms. The highest BCUT2D eigenvalue weighted by Gasteiger charge is 2.29. The van der Waals surface area contributed by atoms with Crippen LogP contribution in [0.4, 0.5) is 22.7 Å². The monoisotopic (exact) mass is 988 g/mol. The maximum absolute atomic E-state index is 13.2. The summed E-state index contributed by atoms with van der Waals surface area (Å²) in [5.74, 6) is 0.417. The van der Waals surface area contributed by atoms with Gasteiger partial charge in [-0.3, -0.25) is 18.9 Å². The molecule has 58 heavy (non-hydrogen) atoms. The first-order valence-corrected chi connectivity index (χ1v) is 26.2. The number of ether oxygens (including phenoxy) is 1. The molecule has 13 nitrogen and oxygen atoms in total. The average molecular weight is 991 g/mol. The van der Waals surface area contributed by atoms with Gasteiger partial charge in [0.05, 0.1) is 53.5 Å². The minimum absolute atomic E-state index is 0.00451. The van der Waals surface area contributed by atoms with Gasteiger partial charge < -0.3 is 4.74 Å². The number of thiophene rings is 2. The lowest BCUT2D eigenvalue weighted by atomic mass is 9.94. The van der Waals surface area contributed by atoms with Gasteiger partial charge in [-0.15, -0.1) is 22.7 Å². The quantitative estimate of drug-likeness (QED) is 0.0888. The maximum atomic E-state index is 13.2. The first-order valence-electron chi connectivity index (χ1n) is 16.8. The van der Waals surface area contributed by atoms with E-state index in [-0.39, 0.29) is 73.4 Å². The Morgan fingerprint density at radius 1 is 0.638 bits per heavy atom. The molecule has 1 aliphatic rings. The Kier molecular flexibility index (Phi) is 14.3. The van der Waals surface area contributed by atoms with Crippen molar-refractivity contribution >= 4 is 132 Å². The first kappa shape index (κ1) is 46.1. The summed E-state index contributed by atoms with van der Waals surface area (Å²) in [4.78, 5) is 0.0164. The number of benzene rings is 3. The maximum Gasteiger partial charge on any atom is 0.271 e. The molecule has 6 rings (SSSR count). The van der Waals surface area contributed by atoms with Crippen molar-refractivity contribution in [1.29, 1.82) is 0 Å². The Morgan fingerprint density at radius 2 is 1.07 bits per heavy atom. The molecule has 0 amide bonds. The number of rotatable bonds is 13. The van der Waals surface area contributed by atoms with Gasteiger partial charge in [-0.1, -0.05) is 72.4 Å². The highest BCUT2D eigenvalue weighted by atomic mass is 35.5. The molecule has 0 atom stereocenters. The molecule has 0 aliphatic carbocycles. The highest BCUT2D eigenvalue weighted by molar-refractivity contribution is 7.95. The molecule has 0 fully saturated rings. The molecule has 314 valence electrons. The normalized spacial score (nSPS) is 14.1. The summed E-state index contributed by atoms with van der Waals surface area (Å²) in [7, 11) is -15.6. The van der Waals surface area contributed by atoms with Crippen LogP contribution in [0.5, 0.6) is 5.75 Å². The molecule has 0 unspecified atom stereocenters. The molecule has 4 N–H and O–H groups in total. The van der Waals surface area contributed by atoms with E-state index in [1.165, 1.54) is 42.5 Å². The van der Waals surface area contributed by atoms with Crippen molar-refractivity contribution in [2.45, 2.75) is 59.5 Å². The molecule has 2 aromatic heterocycles. The summed E-state index contributed by atoms with van der Waals surface area (Å²) >= 11 is 26.1. The zero-order chi connectivity index (χ0) is 42.8. The summed E-state index contributed by atoms with van der Waals surface area (Å²) in [5, 5.41) is 3.57. The van der Waals surface area contributed by atoms with Gasteiger partial charge in [0.15, 0.2) is 0 Å². The molecule has 0 saturated carbocycles. The van der Waals surface area contributed by atoms with Crippen LogP contribution in [-0.2, 0) is 46.5 Å².